The second kappa shape index (κ2) is 5.21. The Morgan fingerprint density at radius 1 is 1.04 bits per heavy atom. The number of aromatic nitrogens is 4. The number of aryl methyl sites for hydroxylation is 1. The molecule has 0 saturated heterocycles. The maximum atomic E-state index is 12.3. The molecule has 2 aromatic carbocycles. The number of rotatable bonds is 2. The van der Waals surface area contributed by atoms with E-state index in [4.69, 9.17) is 0 Å². The van der Waals surface area contributed by atoms with Crippen molar-refractivity contribution in [2.75, 3.05) is 0 Å². The normalized spacial score (nSPS) is 11.0. The van der Waals surface area contributed by atoms with Gasteiger partial charge in [0, 0.05) is 12.4 Å². The number of fused-ring (bicyclic) bond motifs is 1. The lowest BCUT2D eigenvalue weighted by molar-refractivity contribution is 0.810. The van der Waals surface area contributed by atoms with Gasteiger partial charge in [-0.25, -0.2) is 9.67 Å². The van der Waals surface area contributed by atoms with Crippen molar-refractivity contribution in [2.24, 2.45) is 0 Å². The van der Waals surface area contributed by atoms with E-state index in [9.17, 15) is 4.79 Å². The first kappa shape index (κ1) is 13.5. The van der Waals surface area contributed by atoms with Crippen molar-refractivity contribution in [1.82, 2.24) is 19.7 Å². The number of hydrogen-bond acceptors (Lipinski definition) is 3. The van der Waals surface area contributed by atoms with E-state index in [1.165, 1.54) is 5.56 Å². The van der Waals surface area contributed by atoms with Gasteiger partial charge in [-0.1, -0.05) is 35.9 Å². The number of nitrogens with one attached hydrogen (secondary N) is 1. The fraction of sp³-hybridized carbons (Fsp3) is 0.0556. The lowest BCUT2D eigenvalue weighted by Gasteiger charge is -2.06. The largest absolute Gasteiger partial charge is 0.290 e. The molecule has 0 aliphatic carbocycles. The Bertz CT molecular complexity index is 1050. The predicted molar refractivity (Wildman–Crippen MR) is 89.7 cm³/mol. The quantitative estimate of drug-likeness (QED) is 0.619. The van der Waals surface area contributed by atoms with Gasteiger partial charge in [-0.15, -0.1) is 0 Å². The van der Waals surface area contributed by atoms with E-state index in [0.29, 0.717) is 16.9 Å². The van der Waals surface area contributed by atoms with Gasteiger partial charge < -0.3 is 0 Å². The number of nitrogens with zero attached hydrogens (tertiary/aromatic N) is 3. The molecule has 2 aromatic heterocycles. The molecule has 0 spiro atoms. The van der Waals surface area contributed by atoms with Crippen LogP contribution in [-0.2, 0) is 0 Å². The summed E-state index contributed by atoms with van der Waals surface area (Å²) in [5.74, 6) is 0.411. The average Bonchev–Trinajstić information content (AvgIpc) is 3.09. The summed E-state index contributed by atoms with van der Waals surface area (Å²) in [6.07, 6.45) is 3.39. The Hall–Kier alpha value is -3.21. The maximum absolute atomic E-state index is 12.3. The van der Waals surface area contributed by atoms with Crippen molar-refractivity contribution in [3.05, 3.63) is 76.8 Å². The summed E-state index contributed by atoms with van der Waals surface area (Å²) >= 11 is 0. The van der Waals surface area contributed by atoms with E-state index >= 15 is 0 Å². The standard InChI is InChI=1S/C18H14N4O/c1-12-4-2-5-13(10-12)14-6-7-15-16(11-14)20-18(21-17(15)23)22-9-3-8-19-22/h2-11H,1H3,(H,20,21,23). The molecule has 1 N–H and O–H groups in total. The van der Waals surface area contributed by atoms with Crippen LogP contribution < -0.4 is 5.56 Å². The van der Waals surface area contributed by atoms with Crippen molar-refractivity contribution < 1.29 is 0 Å². The lowest BCUT2D eigenvalue weighted by Crippen LogP contribution is -2.13. The van der Waals surface area contributed by atoms with Gasteiger partial charge in [0.15, 0.2) is 0 Å². The molecule has 0 saturated carbocycles. The molecule has 0 atom stereocenters. The topological polar surface area (TPSA) is 63.6 Å². The van der Waals surface area contributed by atoms with Gasteiger partial charge in [0.2, 0.25) is 5.95 Å². The number of aromatic amines is 1. The minimum Gasteiger partial charge on any atom is -0.290 e. The van der Waals surface area contributed by atoms with Gasteiger partial charge in [0.05, 0.1) is 10.9 Å². The molecule has 0 aliphatic rings. The average molecular weight is 302 g/mol. The molecule has 0 bridgehead atoms. The number of benzene rings is 2. The Labute approximate surface area is 132 Å². The second-order valence-corrected chi connectivity index (χ2v) is 5.44. The summed E-state index contributed by atoms with van der Waals surface area (Å²) in [7, 11) is 0. The minimum atomic E-state index is -0.170. The highest BCUT2D eigenvalue weighted by Gasteiger charge is 2.07. The molecule has 2 heterocycles. The molecule has 5 nitrogen and oxygen atoms in total. The smallest absolute Gasteiger partial charge is 0.260 e. The molecule has 0 fully saturated rings. The molecule has 0 unspecified atom stereocenters. The summed E-state index contributed by atoms with van der Waals surface area (Å²) in [6.45, 7) is 2.06. The molecule has 0 aliphatic heterocycles. The molecular formula is C18H14N4O. The summed E-state index contributed by atoms with van der Waals surface area (Å²) in [5, 5.41) is 4.68. The van der Waals surface area contributed by atoms with Crippen LogP contribution in [0.15, 0.2) is 65.7 Å². The Balaban J connectivity index is 1.92. The van der Waals surface area contributed by atoms with Crippen molar-refractivity contribution in [1.29, 1.82) is 0 Å². The predicted octanol–water partition coefficient (Wildman–Crippen LogP) is 3.08. The van der Waals surface area contributed by atoms with Gasteiger partial charge in [0.25, 0.3) is 5.56 Å². The van der Waals surface area contributed by atoms with Gasteiger partial charge in [-0.2, -0.15) is 5.10 Å². The van der Waals surface area contributed by atoms with Crippen LogP contribution in [0, 0.1) is 6.92 Å². The SMILES string of the molecule is Cc1cccc(-c2ccc3c(=O)[nH]c(-n4cccn4)nc3c2)c1. The zero-order chi connectivity index (χ0) is 15.8. The van der Waals surface area contributed by atoms with Crippen LogP contribution >= 0.6 is 0 Å². The molecular weight excluding hydrogens is 288 g/mol. The fourth-order valence-electron chi connectivity index (χ4n) is 2.63. The second-order valence-electron chi connectivity index (χ2n) is 5.44. The van der Waals surface area contributed by atoms with Crippen molar-refractivity contribution in [2.45, 2.75) is 6.92 Å². The van der Waals surface area contributed by atoms with Crippen LogP contribution in [-0.4, -0.2) is 19.7 Å². The Morgan fingerprint density at radius 3 is 2.70 bits per heavy atom. The fourth-order valence-corrected chi connectivity index (χ4v) is 2.63. The Kier molecular flexibility index (Phi) is 3.05. The molecule has 0 radical (unpaired) electrons. The maximum Gasteiger partial charge on any atom is 0.260 e. The molecule has 4 rings (SSSR count). The summed E-state index contributed by atoms with van der Waals surface area (Å²) in [5.41, 5.74) is 3.81. The number of hydrogen-bond donors (Lipinski definition) is 1. The van der Waals surface area contributed by atoms with E-state index in [-0.39, 0.29) is 5.56 Å². The first-order valence-electron chi connectivity index (χ1n) is 7.32. The van der Waals surface area contributed by atoms with E-state index in [1.54, 1.807) is 23.1 Å². The molecule has 23 heavy (non-hydrogen) atoms. The van der Waals surface area contributed by atoms with E-state index in [2.05, 4.69) is 40.2 Å². The summed E-state index contributed by atoms with van der Waals surface area (Å²) in [4.78, 5) is 19.5. The number of H-pyrrole nitrogens is 1. The highest BCUT2D eigenvalue weighted by Crippen LogP contribution is 2.23. The van der Waals surface area contributed by atoms with Gasteiger partial charge >= 0.3 is 0 Å². The van der Waals surface area contributed by atoms with Crippen LogP contribution in [0.2, 0.25) is 0 Å². The Morgan fingerprint density at radius 2 is 1.91 bits per heavy atom. The zero-order valence-electron chi connectivity index (χ0n) is 12.5. The monoisotopic (exact) mass is 302 g/mol. The van der Waals surface area contributed by atoms with E-state index in [0.717, 1.165) is 11.1 Å². The zero-order valence-corrected chi connectivity index (χ0v) is 12.5. The summed E-state index contributed by atoms with van der Waals surface area (Å²) in [6, 6.07) is 15.7. The lowest BCUT2D eigenvalue weighted by atomic mass is 10.0. The van der Waals surface area contributed by atoms with Crippen molar-refractivity contribution in [3.8, 4) is 17.1 Å². The molecule has 112 valence electrons. The van der Waals surface area contributed by atoms with Gasteiger partial charge in [-0.3, -0.25) is 9.78 Å². The highest BCUT2D eigenvalue weighted by molar-refractivity contribution is 5.84. The molecule has 4 aromatic rings. The minimum absolute atomic E-state index is 0.170. The van der Waals surface area contributed by atoms with Crippen LogP contribution in [0.5, 0.6) is 0 Å². The van der Waals surface area contributed by atoms with Crippen LogP contribution in [0.4, 0.5) is 0 Å². The third-order valence-electron chi connectivity index (χ3n) is 3.77. The molecule has 0 amide bonds. The van der Waals surface area contributed by atoms with E-state index < -0.39 is 0 Å². The highest BCUT2D eigenvalue weighted by atomic mass is 16.1. The van der Waals surface area contributed by atoms with Crippen molar-refractivity contribution >= 4 is 10.9 Å². The first-order chi connectivity index (χ1) is 11.2. The molecule has 5 heteroatoms. The van der Waals surface area contributed by atoms with Crippen LogP contribution in [0.3, 0.4) is 0 Å². The first-order valence-corrected chi connectivity index (χ1v) is 7.32. The third kappa shape index (κ3) is 2.42. The van der Waals surface area contributed by atoms with Crippen molar-refractivity contribution in [3.63, 3.8) is 0 Å². The van der Waals surface area contributed by atoms with Crippen LogP contribution in [0.25, 0.3) is 28.0 Å². The van der Waals surface area contributed by atoms with Crippen LogP contribution in [0.1, 0.15) is 5.56 Å². The third-order valence-corrected chi connectivity index (χ3v) is 3.77. The summed E-state index contributed by atoms with van der Waals surface area (Å²) < 4.78 is 1.54. The van der Waals surface area contributed by atoms with Gasteiger partial charge in [-0.05, 0) is 36.2 Å². The van der Waals surface area contributed by atoms with Gasteiger partial charge in [0.1, 0.15) is 0 Å². The van der Waals surface area contributed by atoms with E-state index in [1.807, 2.05) is 24.3 Å².